The number of amides is 1. The van der Waals surface area contributed by atoms with Crippen molar-refractivity contribution in [3.05, 3.63) is 35.4 Å². The van der Waals surface area contributed by atoms with E-state index in [1.54, 1.807) is 41.9 Å². The standard InChI is InChI=1S/C15H21NO3S/c1-11(8-9-20-3)16(2)14(17)10-12-6-4-5-7-13(12)15(18)19/h4-7,11H,8-10H2,1-3H3,(H,18,19). The van der Waals surface area contributed by atoms with Gasteiger partial charge in [0.05, 0.1) is 12.0 Å². The minimum Gasteiger partial charge on any atom is -0.478 e. The predicted octanol–water partition coefficient (Wildman–Crippen LogP) is 2.53. The fourth-order valence-electron chi connectivity index (χ4n) is 1.90. The molecule has 0 aromatic heterocycles. The van der Waals surface area contributed by atoms with Crippen molar-refractivity contribution in [3.63, 3.8) is 0 Å². The van der Waals surface area contributed by atoms with Gasteiger partial charge in [-0.15, -0.1) is 0 Å². The van der Waals surface area contributed by atoms with Crippen molar-refractivity contribution in [2.75, 3.05) is 19.1 Å². The number of carboxylic acid groups (broad SMARTS) is 1. The van der Waals surface area contributed by atoms with E-state index in [1.165, 1.54) is 6.07 Å². The summed E-state index contributed by atoms with van der Waals surface area (Å²) in [4.78, 5) is 25.0. The van der Waals surface area contributed by atoms with Crippen LogP contribution in [0.15, 0.2) is 24.3 Å². The molecular weight excluding hydrogens is 274 g/mol. The SMILES string of the molecule is CSCCC(C)N(C)C(=O)Cc1ccccc1C(=O)O. The normalized spacial score (nSPS) is 11.9. The zero-order chi connectivity index (χ0) is 15.1. The molecule has 0 aliphatic rings. The van der Waals surface area contributed by atoms with Crippen molar-refractivity contribution in [1.29, 1.82) is 0 Å². The number of carbonyl (C=O) groups is 2. The van der Waals surface area contributed by atoms with Crippen molar-refractivity contribution in [2.24, 2.45) is 0 Å². The van der Waals surface area contributed by atoms with Crippen LogP contribution in [0.5, 0.6) is 0 Å². The molecule has 0 heterocycles. The number of rotatable bonds is 7. The van der Waals surface area contributed by atoms with Gasteiger partial charge in [-0.2, -0.15) is 11.8 Å². The summed E-state index contributed by atoms with van der Waals surface area (Å²) in [6.07, 6.45) is 3.10. The molecule has 1 atom stereocenters. The third-order valence-corrected chi connectivity index (χ3v) is 4.03. The highest BCUT2D eigenvalue weighted by molar-refractivity contribution is 7.98. The number of hydrogen-bond acceptors (Lipinski definition) is 3. The summed E-state index contributed by atoms with van der Waals surface area (Å²) in [6, 6.07) is 6.81. The van der Waals surface area contributed by atoms with Gasteiger partial charge in [-0.05, 0) is 37.0 Å². The molecule has 0 saturated heterocycles. The molecule has 1 aromatic carbocycles. The molecule has 1 N–H and O–H groups in total. The average molecular weight is 295 g/mol. The van der Waals surface area contributed by atoms with E-state index in [-0.39, 0.29) is 23.9 Å². The highest BCUT2D eigenvalue weighted by Crippen LogP contribution is 2.13. The fraction of sp³-hybridized carbons (Fsp3) is 0.467. The van der Waals surface area contributed by atoms with E-state index in [0.717, 1.165) is 12.2 Å². The van der Waals surface area contributed by atoms with E-state index in [4.69, 9.17) is 5.11 Å². The third-order valence-electron chi connectivity index (χ3n) is 3.38. The van der Waals surface area contributed by atoms with Gasteiger partial charge in [-0.3, -0.25) is 4.79 Å². The summed E-state index contributed by atoms with van der Waals surface area (Å²) in [5.41, 5.74) is 0.764. The van der Waals surface area contributed by atoms with Crippen LogP contribution in [0, 0.1) is 0 Å². The van der Waals surface area contributed by atoms with Gasteiger partial charge >= 0.3 is 5.97 Å². The Morgan fingerprint density at radius 2 is 2.00 bits per heavy atom. The molecule has 0 saturated carbocycles. The molecular formula is C15H21NO3S. The average Bonchev–Trinajstić information content (AvgIpc) is 2.44. The van der Waals surface area contributed by atoms with Crippen LogP contribution in [0.4, 0.5) is 0 Å². The number of thioether (sulfide) groups is 1. The third kappa shape index (κ3) is 4.56. The van der Waals surface area contributed by atoms with Crippen LogP contribution in [0.2, 0.25) is 0 Å². The van der Waals surface area contributed by atoms with Gasteiger partial charge in [-0.1, -0.05) is 18.2 Å². The second kappa shape index (κ2) is 7.94. The van der Waals surface area contributed by atoms with E-state index in [0.29, 0.717) is 5.56 Å². The Kier molecular flexibility index (Phi) is 6.58. The van der Waals surface area contributed by atoms with Crippen LogP contribution in [0.3, 0.4) is 0 Å². The van der Waals surface area contributed by atoms with Crippen LogP contribution in [0.1, 0.15) is 29.3 Å². The highest BCUT2D eigenvalue weighted by atomic mass is 32.2. The van der Waals surface area contributed by atoms with Crippen molar-refractivity contribution in [1.82, 2.24) is 4.90 Å². The summed E-state index contributed by atoms with van der Waals surface area (Å²) in [6.45, 7) is 2.01. The molecule has 110 valence electrons. The Morgan fingerprint density at radius 3 is 2.60 bits per heavy atom. The van der Waals surface area contributed by atoms with Crippen molar-refractivity contribution < 1.29 is 14.7 Å². The predicted molar refractivity (Wildman–Crippen MR) is 82.3 cm³/mol. The first-order valence-electron chi connectivity index (χ1n) is 6.53. The lowest BCUT2D eigenvalue weighted by molar-refractivity contribution is -0.130. The van der Waals surface area contributed by atoms with Gasteiger partial charge in [0, 0.05) is 13.1 Å². The first kappa shape index (κ1) is 16.6. The van der Waals surface area contributed by atoms with Gasteiger partial charge in [-0.25, -0.2) is 4.79 Å². The zero-order valence-electron chi connectivity index (χ0n) is 12.1. The minimum atomic E-state index is -0.994. The van der Waals surface area contributed by atoms with Crippen LogP contribution in [-0.2, 0) is 11.2 Å². The molecule has 1 aromatic rings. The quantitative estimate of drug-likeness (QED) is 0.840. The Morgan fingerprint density at radius 1 is 1.35 bits per heavy atom. The van der Waals surface area contributed by atoms with Crippen molar-refractivity contribution >= 4 is 23.6 Å². The lowest BCUT2D eigenvalue weighted by Crippen LogP contribution is -2.36. The number of nitrogens with zero attached hydrogens (tertiary/aromatic N) is 1. The Labute approximate surface area is 124 Å². The molecule has 4 nitrogen and oxygen atoms in total. The Bertz CT molecular complexity index is 476. The molecule has 1 rings (SSSR count). The molecule has 0 fully saturated rings. The summed E-state index contributed by atoms with van der Waals surface area (Å²) >= 11 is 1.75. The van der Waals surface area contributed by atoms with Gasteiger partial charge in [0.15, 0.2) is 0 Å². The summed E-state index contributed by atoms with van der Waals surface area (Å²) in [5, 5.41) is 9.11. The minimum absolute atomic E-state index is 0.0488. The number of likely N-dealkylation sites (N-methyl/N-ethyl adjacent to an activating group) is 1. The molecule has 20 heavy (non-hydrogen) atoms. The van der Waals surface area contributed by atoms with E-state index >= 15 is 0 Å². The highest BCUT2D eigenvalue weighted by Gasteiger charge is 2.18. The fourth-order valence-corrected chi connectivity index (χ4v) is 2.48. The summed E-state index contributed by atoms with van der Waals surface area (Å²) in [7, 11) is 1.77. The van der Waals surface area contributed by atoms with Crippen LogP contribution in [0.25, 0.3) is 0 Å². The first-order valence-corrected chi connectivity index (χ1v) is 7.92. The first-order chi connectivity index (χ1) is 9.47. The molecule has 0 aliphatic heterocycles. The maximum atomic E-state index is 12.2. The summed E-state index contributed by atoms with van der Waals surface area (Å²) in [5.74, 6) is -0.0383. The van der Waals surface area contributed by atoms with E-state index < -0.39 is 5.97 Å². The Balaban J connectivity index is 2.73. The number of aromatic carboxylic acids is 1. The van der Waals surface area contributed by atoms with Crippen molar-refractivity contribution in [2.45, 2.75) is 25.8 Å². The van der Waals surface area contributed by atoms with Gasteiger partial charge in [0.25, 0.3) is 0 Å². The monoisotopic (exact) mass is 295 g/mol. The zero-order valence-corrected chi connectivity index (χ0v) is 12.9. The van der Waals surface area contributed by atoms with E-state index in [1.807, 2.05) is 13.2 Å². The van der Waals surface area contributed by atoms with E-state index in [9.17, 15) is 9.59 Å². The lowest BCUT2D eigenvalue weighted by Gasteiger charge is -2.25. The molecule has 0 radical (unpaired) electrons. The number of carboxylic acids is 1. The maximum absolute atomic E-state index is 12.2. The number of benzene rings is 1. The number of carbonyl (C=O) groups excluding carboxylic acids is 1. The molecule has 0 spiro atoms. The van der Waals surface area contributed by atoms with Gasteiger partial charge in [0.2, 0.25) is 5.91 Å². The second-order valence-corrected chi connectivity index (χ2v) is 5.76. The van der Waals surface area contributed by atoms with Crippen molar-refractivity contribution in [3.8, 4) is 0 Å². The molecule has 0 bridgehead atoms. The summed E-state index contributed by atoms with van der Waals surface area (Å²) < 4.78 is 0. The van der Waals surface area contributed by atoms with Crippen LogP contribution in [-0.4, -0.2) is 47.0 Å². The Hall–Kier alpha value is -1.49. The topological polar surface area (TPSA) is 57.6 Å². The molecule has 5 heteroatoms. The van der Waals surface area contributed by atoms with Crippen LogP contribution < -0.4 is 0 Å². The molecule has 1 amide bonds. The molecule has 1 unspecified atom stereocenters. The second-order valence-electron chi connectivity index (χ2n) is 4.77. The largest absolute Gasteiger partial charge is 0.478 e. The number of hydrogen-bond donors (Lipinski definition) is 1. The lowest BCUT2D eigenvalue weighted by atomic mass is 10.0. The van der Waals surface area contributed by atoms with Gasteiger partial charge < -0.3 is 10.0 Å². The maximum Gasteiger partial charge on any atom is 0.335 e. The van der Waals surface area contributed by atoms with Gasteiger partial charge in [0.1, 0.15) is 0 Å². The van der Waals surface area contributed by atoms with Crippen LogP contribution >= 0.6 is 11.8 Å². The smallest absolute Gasteiger partial charge is 0.335 e. The molecule has 0 aliphatic carbocycles. The van der Waals surface area contributed by atoms with E-state index in [2.05, 4.69) is 0 Å².